The van der Waals surface area contributed by atoms with Crippen LogP contribution in [0.5, 0.6) is 0 Å². The summed E-state index contributed by atoms with van der Waals surface area (Å²) in [5.74, 6) is 0. The third kappa shape index (κ3) is 2.37. The molecular weight excluding hydrogens is 196 g/mol. The second kappa shape index (κ2) is 3.75. The fourth-order valence-electron chi connectivity index (χ4n) is 1.42. The van der Waals surface area contributed by atoms with Crippen LogP contribution >= 0.6 is 11.6 Å². The normalized spacial score (nSPS) is 11.4. The molecule has 0 heterocycles. The van der Waals surface area contributed by atoms with Gasteiger partial charge in [-0.1, -0.05) is 29.2 Å². The van der Waals surface area contributed by atoms with Crippen molar-refractivity contribution in [3.05, 3.63) is 29.3 Å². The van der Waals surface area contributed by atoms with Crippen LogP contribution in [-0.4, -0.2) is 18.1 Å². The molecule has 0 spiro atoms. The van der Waals surface area contributed by atoms with Gasteiger partial charge in [-0.15, -0.1) is 0 Å². The molecule has 2 N–H and O–H groups in total. The maximum atomic E-state index is 9.86. The van der Waals surface area contributed by atoms with E-state index in [0.717, 1.165) is 11.0 Å². The first-order valence-electron chi connectivity index (χ1n) is 4.40. The number of halogens is 1. The van der Waals surface area contributed by atoms with Crippen molar-refractivity contribution in [2.24, 2.45) is 0 Å². The van der Waals surface area contributed by atoms with E-state index >= 15 is 0 Å². The van der Waals surface area contributed by atoms with Crippen molar-refractivity contribution >= 4 is 30.1 Å². The Morgan fingerprint density at radius 2 is 2.07 bits per heavy atom. The topological polar surface area (TPSA) is 44.1 Å². The van der Waals surface area contributed by atoms with Gasteiger partial charge in [-0.25, -0.2) is 0 Å². The van der Waals surface area contributed by atoms with Gasteiger partial charge in [0.05, 0.1) is 5.60 Å². The molecule has 0 aromatic heterocycles. The summed E-state index contributed by atoms with van der Waals surface area (Å²) in [7, 11) is 1.93. The van der Waals surface area contributed by atoms with Gasteiger partial charge in [0.2, 0.25) is 0 Å². The third-order valence-electron chi connectivity index (χ3n) is 2.15. The van der Waals surface area contributed by atoms with E-state index < -0.39 is 5.60 Å². The first kappa shape index (κ1) is 11.3. The van der Waals surface area contributed by atoms with Gasteiger partial charge in [0.25, 0.3) is 0 Å². The molecule has 0 saturated heterocycles. The Labute approximate surface area is 89.8 Å². The van der Waals surface area contributed by atoms with Gasteiger partial charge >= 0.3 is 0 Å². The van der Waals surface area contributed by atoms with Crippen LogP contribution < -0.4 is 5.46 Å². The van der Waals surface area contributed by atoms with Crippen LogP contribution in [0.3, 0.4) is 0 Å². The van der Waals surface area contributed by atoms with Crippen molar-refractivity contribution < 1.29 is 5.11 Å². The molecule has 1 aromatic carbocycles. The van der Waals surface area contributed by atoms with Crippen molar-refractivity contribution in [2.75, 3.05) is 0 Å². The lowest BCUT2D eigenvalue weighted by molar-refractivity contribution is 0.0797. The highest BCUT2D eigenvalue weighted by atomic mass is 35.5. The molecule has 14 heavy (non-hydrogen) atoms. The predicted octanol–water partition coefficient (Wildman–Crippen LogP) is 0.737. The Hall–Kier alpha value is -0.795. The van der Waals surface area contributed by atoms with Crippen LogP contribution in [0.4, 0.5) is 0 Å². The van der Waals surface area contributed by atoms with Crippen LogP contribution in [0.15, 0.2) is 18.2 Å². The molecule has 2 nitrogen and oxygen atoms in total. The van der Waals surface area contributed by atoms with Gasteiger partial charge in [-0.2, -0.15) is 0 Å². The molecule has 0 fully saturated rings. The number of rotatable bonds is 2. The van der Waals surface area contributed by atoms with Crippen LogP contribution in [-0.2, 0) is 5.60 Å². The summed E-state index contributed by atoms with van der Waals surface area (Å²) in [6.07, 6.45) is 0. The molecule has 1 aromatic rings. The summed E-state index contributed by atoms with van der Waals surface area (Å²) in [6.45, 7) is 3.44. The van der Waals surface area contributed by atoms with E-state index in [1.807, 2.05) is 13.9 Å². The molecule has 0 bridgehead atoms. The lowest BCUT2D eigenvalue weighted by atomic mass is 9.82. The Bertz CT molecular complexity index is 371. The number of benzene rings is 1. The monoisotopic (exact) mass is 209 g/mol. The quantitative estimate of drug-likeness (QED) is 0.548. The fraction of sp³-hybridized carbons (Fsp3) is 0.300. The summed E-state index contributed by atoms with van der Waals surface area (Å²) in [4.78, 5) is 0. The van der Waals surface area contributed by atoms with Crippen molar-refractivity contribution in [2.45, 2.75) is 19.4 Å². The van der Waals surface area contributed by atoms with E-state index in [0.29, 0.717) is 5.56 Å². The molecule has 0 aliphatic heterocycles. The largest absolute Gasteiger partial charge is 0.386 e. The molecule has 0 unspecified atom stereocenters. The number of hydrogen-bond acceptors (Lipinski definition) is 2. The summed E-state index contributed by atoms with van der Waals surface area (Å²) >= 11 is 5.58. The van der Waals surface area contributed by atoms with E-state index in [1.165, 1.54) is 0 Å². The van der Waals surface area contributed by atoms with E-state index in [-0.39, 0.29) is 5.17 Å². The Morgan fingerprint density at radius 1 is 1.50 bits per heavy atom. The fourth-order valence-corrected chi connectivity index (χ4v) is 1.54. The zero-order valence-corrected chi connectivity index (χ0v) is 9.31. The Kier molecular flexibility index (Phi) is 3.02. The van der Waals surface area contributed by atoms with Crippen LogP contribution in [0.2, 0.25) is 0 Å². The average Bonchev–Trinajstić information content (AvgIpc) is 2.02. The lowest BCUT2D eigenvalue weighted by Crippen LogP contribution is -2.26. The summed E-state index contributed by atoms with van der Waals surface area (Å²) < 4.78 is 0. The van der Waals surface area contributed by atoms with E-state index in [2.05, 4.69) is 0 Å². The zero-order chi connectivity index (χ0) is 10.9. The zero-order valence-electron chi connectivity index (χ0n) is 8.56. The van der Waals surface area contributed by atoms with Gasteiger partial charge < -0.3 is 5.11 Å². The minimum absolute atomic E-state index is 0.00417. The van der Waals surface area contributed by atoms with Gasteiger partial charge in [0.1, 0.15) is 13.0 Å². The van der Waals surface area contributed by atoms with Crippen LogP contribution in [0, 0.1) is 5.41 Å². The number of nitrogens with one attached hydrogen (secondary N) is 1. The molecule has 0 atom stereocenters. The van der Waals surface area contributed by atoms with Crippen molar-refractivity contribution in [1.82, 2.24) is 0 Å². The molecule has 0 amide bonds. The molecule has 0 aliphatic rings. The SMILES string of the molecule is Bc1ccc(C(=N)Cl)cc1C(C)(C)O. The molecule has 74 valence electrons. The lowest BCUT2D eigenvalue weighted by Gasteiger charge is -2.21. The molecule has 1 rings (SSSR count). The van der Waals surface area contributed by atoms with Gasteiger partial charge in [0, 0.05) is 5.56 Å². The maximum Gasteiger partial charge on any atom is 0.139 e. The second-order valence-electron chi connectivity index (χ2n) is 3.90. The van der Waals surface area contributed by atoms with Gasteiger partial charge in [-0.05, 0) is 25.5 Å². The van der Waals surface area contributed by atoms with Gasteiger partial charge in [0.15, 0.2) is 0 Å². The van der Waals surface area contributed by atoms with Crippen molar-refractivity contribution in [3.8, 4) is 0 Å². The molecule has 0 radical (unpaired) electrons. The number of hydrogen-bond donors (Lipinski definition) is 2. The van der Waals surface area contributed by atoms with E-state index in [4.69, 9.17) is 17.0 Å². The summed E-state index contributed by atoms with van der Waals surface area (Å²) in [6, 6.07) is 5.39. The summed E-state index contributed by atoms with van der Waals surface area (Å²) in [5.41, 5.74) is 1.54. The highest BCUT2D eigenvalue weighted by Gasteiger charge is 2.18. The second-order valence-corrected chi connectivity index (χ2v) is 4.28. The maximum absolute atomic E-state index is 9.86. The molecule has 4 heteroatoms. The summed E-state index contributed by atoms with van der Waals surface area (Å²) in [5, 5.41) is 17.1. The number of aliphatic hydroxyl groups is 1. The third-order valence-corrected chi connectivity index (χ3v) is 2.37. The van der Waals surface area contributed by atoms with Crippen molar-refractivity contribution in [3.63, 3.8) is 0 Å². The Morgan fingerprint density at radius 3 is 2.50 bits per heavy atom. The highest BCUT2D eigenvalue weighted by Crippen LogP contribution is 2.19. The minimum atomic E-state index is -0.896. The van der Waals surface area contributed by atoms with Crippen LogP contribution in [0.1, 0.15) is 25.0 Å². The van der Waals surface area contributed by atoms with E-state index in [9.17, 15) is 5.11 Å². The van der Waals surface area contributed by atoms with Gasteiger partial charge in [-0.3, -0.25) is 5.41 Å². The highest BCUT2D eigenvalue weighted by molar-refractivity contribution is 6.68. The first-order chi connectivity index (χ1) is 6.32. The molecular formula is C10H13BClNO. The molecule has 0 saturated carbocycles. The predicted molar refractivity (Wildman–Crippen MR) is 62.5 cm³/mol. The smallest absolute Gasteiger partial charge is 0.139 e. The first-order valence-corrected chi connectivity index (χ1v) is 4.78. The van der Waals surface area contributed by atoms with Crippen LogP contribution in [0.25, 0.3) is 0 Å². The Balaban J connectivity index is 3.29. The van der Waals surface area contributed by atoms with Crippen molar-refractivity contribution in [1.29, 1.82) is 5.41 Å². The minimum Gasteiger partial charge on any atom is -0.386 e. The standard InChI is InChI=1S/C10H13BClNO/c1-10(2,14)7-5-6(9(12)13)3-4-8(7)11/h3-5,13-14H,11H2,1-2H3. The van der Waals surface area contributed by atoms with E-state index in [1.54, 1.807) is 26.0 Å². The molecule has 0 aliphatic carbocycles. The average molecular weight is 209 g/mol.